The minimum absolute atomic E-state index is 0.686. The average Bonchev–Trinajstić information content (AvgIpc) is 3.15. The van der Waals surface area contributed by atoms with Crippen LogP contribution in [0.2, 0.25) is 0 Å². The van der Waals surface area contributed by atoms with Crippen molar-refractivity contribution in [2.45, 2.75) is 22.7 Å². The summed E-state index contributed by atoms with van der Waals surface area (Å²) in [7, 11) is 1.68. The first-order valence-electron chi connectivity index (χ1n) is 10.5. The topological polar surface area (TPSA) is 58.0 Å². The summed E-state index contributed by atoms with van der Waals surface area (Å²) in [5.41, 5.74) is 2.28. The zero-order chi connectivity index (χ0) is 21.3. The van der Waals surface area contributed by atoms with E-state index in [0.29, 0.717) is 12.8 Å². The molecular formula is C24H25N3O2S2. The van der Waals surface area contributed by atoms with Crippen molar-refractivity contribution in [1.29, 1.82) is 0 Å². The fourth-order valence-corrected chi connectivity index (χ4v) is 6.32. The summed E-state index contributed by atoms with van der Waals surface area (Å²) in [5, 5.41) is 12.2. The van der Waals surface area contributed by atoms with E-state index in [-0.39, 0.29) is 0 Å². The molecule has 1 saturated heterocycles. The van der Waals surface area contributed by atoms with Crippen molar-refractivity contribution in [2.75, 3.05) is 32.5 Å². The number of piperidine rings is 1. The van der Waals surface area contributed by atoms with E-state index in [1.807, 2.05) is 60.3 Å². The first-order valence-corrected chi connectivity index (χ1v) is 12.3. The summed E-state index contributed by atoms with van der Waals surface area (Å²) in [6, 6.07) is 18.1. The number of nitrogens with zero attached hydrogens (tertiary/aromatic N) is 3. The van der Waals surface area contributed by atoms with E-state index >= 15 is 0 Å². The number of amidine groups is 1. The molecule has 0 aliphatic carbocycles. The van der Waals surface area contributed by atoms with Gasteiger partial charge >= 0.3 is 0 Å². The molecule has 0 spiro atoms. The van der Waals surface area contributed by atoms with E-state index in [4.69, 9.17) is 14.7 Å². The molecular weight excluding hydrogens is 426 g/mol. The van der Waals surface area contributed by atoms with Gasteiger partial charge in [0, 0.05) is 24.4 Å². The summed E-state index contributed by atoms with van der Waals surface area (Å²) in [5.74, 6) is 2.76. The van der Waals surface area contributed by atoms with Gasteiger partial charge in [0.25, 0.3) is 0 Å². The number of hydrogen-bond donors (Lipinski definition) is 1. The number of fused-ring (bicyclic) bond motifs is 1. The highest BCUT2D eigenvalue weighted by Crippen LogP contribution is 2.39. The van der Waals surface area contributed by atoms with Crippen molar-refractivity contribution in [3.8, 4) is 16.3 Å². The molecule has 0 atom stereocenters. The lowest BCUT2D eigenvalue weighted by Crippen LogP contribution is -2.45. The molecule has 31 heavy (non-hydrogen) atoms. The quantitative estimate of drug-likeness (QED) is 0.628. The number of methoxy groups -OCH3 is 1. The third-order valence-corrected chi connectivity index (χ3v) is 8.26. The Hall–Kier alpha value is -2.35. The predicted molar refractivity (Wildman–Crippen MR) is 127 cm³/mol. The van der Waals surface area contributed by atoms with Crippen LogP contribution in [-0.2, 0) is 5.60 Å². The summed E-state index contributed by atoms with van der Waals surface area (Å²) < 4.78 is 6.61. The van der Waals surface area contributed by atoms with E-state index in [0.717, 1.165) is 58.8 Å². The van der Waals surface area contributed by atoms with E-state index < -0.39 is 5.60 Å². The Morgan fingerprint density at radius 1 is 1.06 bits per heavy atom. The zero-order valence-corrected chi connectivity index (χ0v) is 19.1. The van der Waals surface area contributed by atoms with Gasteiger partial charge in [-0.05, 0) is 30.5 Å². The van der Waals surface area contributed by atoms with Crippen LogP contribution in [0.5, 0.6) is 5.75 Å². The minimum atomic E-state index is -0.769. The maximum Gasteiger partial charge on any atom is 0.152 e. The first kappa shape index (κ1) is 20.5. The number of thioether (sulfide) groups is 1. The second-order valence-electron chi connectivity index (χ2n) is 7.83. The lowest BCUT2D eigenvalue weighted by atomic mass is 9.84. The number of likely N-dealkylation sites (tertiary alicyclic amines) is 1. The molecule has 1 aromatic heterocycles. The number of thiazole rings is 1. The number of hydrogen-bond acceptors (Lipinski definition) is 7. The molecule has 0 unspecified atom stereocenters. The van der Waals surface area contributed by atoms with Crippen LogP contribution in [0, 0.1) is 0 Å². The Morgan fingerprint density at radius 2 is 1.87 bits per heavy atom. The molecule has 1 N–H and O–H groups in total. The van der Waals surface area contributed by atoms with Gasteiger partial charge in [-0.25, -0.2) is 4.98 Å². The lowest BCUT2D eigenvalue weighted by Gasteiger charge is -2.39. The third-order valence-electron chi connectivity index (χ3n) is 5.91. The fourth-order valence-electron chi connectivity index (χ4n) is 4.16. The smallest absolute Gasteiger partial charge is 0.152 e. The first-order chi connectivity index (χ1) is 15.2. The van der Waals surface area contributed by atoms with Crippen LogP contribution in [0.1, 0.15) is 24.1 Å². The Balaban J connectivity index is 1.40. The zero-order valence-electron chi connectivity index (χ0n) is 17.5. The highest BCUT2D eigenvalue weighted by Gasteiger charge is 2.36. The summed E-state index contributed by atoms with van der Waals surface area (Å²) in [6.07, 6.45) is 1.37. The molecule has 0 saturated carbocycles. The largest absolute Gasteiger partial charge is 0.497 e. The summed E-state index contributed by atoms with van der Waals surface area (Å²) >= 11 is 3.56. The van der Waals surface area contributed by atoms with Crippen LogP contribution in [0.3, 0.4) is 0 Å². The molecule has 2 aliphatic rings. The Morgan fingerprint density at radius 3 is 2.65 bits per heavy atom. The standard InChI is InChI=1S/C24H25N3O2S2/c1-29-19-9-5-6-17(16-19)22-26-20-21(25-12-15-30-23(20)31-22)27-13-10-24(28,11-14-27)18-7-3-2-4-8-18/h2-9,16,28H,10-15H2,1H3. The van der Waals surface area contributed by atoms with Crippen molar-refractivity contribution in [3.63, 3.8) is 0 Å². The Bertz CT molecular complexity index is 1090. The van der Waals surface area contributed by atoms with E-state index in [9.17, 15) is 5.11 Å². The van der Waals surface area contributed by atoms with Gasteiger partial charge in [0.1, 0.15) is 16.5 Å². The SMILES string of the molecule is COc1cccc(-c2nc3c(s2)SCCN=C3N2CCC(O)(c3ccccc3)CC2)c1. The highest BCUT2D eigenvalue weighted by atomic mass is 32.2. The van der Waals surface area contributed by atoms with Crippen LogP contribution < -0.4 is 4.74 Å². The third kappa shape index (κ3) is 4.10. The summed E-state index contributed by atoms with van der Waals surface area (Å²) in [4.78, 5) is 12.2. The van der Waals surface area contributed by atoms with Gasteiger partial charge in [0.15, 0.2) is 5.84 Å². The number of rotatable bonds is 3. The van der Waals surface area contributed by atoms with Gasteiger partial charge in [-0.2, -0.15) is 0 Å². The van der Waals surface area contributed by atoms with Crippen LogP contribution in [0.25, 0.3) is 10.6 Å². The second-order valence-corrected chi connectivity index (χ2v) is 10.2. The van der Waals surface area contributed by atoms with Crippen molar-refractivity contribution in [3.05, 3.63) is 65.9 Å². The van der Waals surface area contributed by atoms with Gasteiger partial charge in [-0.1, -0.05) is 42.5 Å². The molecule has 1 fully saturated rings. The maximum absolute atomic E-state index is 11.2. The number of aromatic nitrogens is 1. The molecule has 160 valence electrons. The number of aliphatic imine (C=N–C) groups is 1. The average molecular weight is 452 g/mol. The molecule has 5 rings (SSSR count). The highest BCUT2D eigenvalue weighted by molar-refractivity contribution is 8.01. The number of ether oxygens (including phenoxy) is 1. The molecule has 3 heterocycles. The molecule has 0 bridgehead atoms. The van der Waals surface area contributed by atoms with Gasteiger partial charge < -0.3 is 14.7 Å². The Labute approximate surface area is 190 Å². The van der Waals surface area contributed by atoms with Gasteiger partial charge in [-0.15, -0.1) is 23.1 Å². The van der Waals surface area contributed by atoms with E-state index in [1.165, 1.54) is 4.21 Å². The molecule has 7 heteroatoms. The fraction of sp³-hybridized carbons (Fsp3) is 0.333. The van der Waals surface area contributed by atoms with Crippen LogP contribution >= 0.6 is 23.1 Å². The summed E-state index contributed by atoms with van der Waals surface area (Å²) in [6.45, 7) is 2.32. The van der Waals surface area contributed by atoms with Crippen LogP contribution in [-0.4, -0.2) is 53.3 Å². The molecule has 5 nitrogen and oxygen atoms in total. The van der Waals surface area contributed by atoms with E-state index in [2.05, 4.69) is 11.0 Å². The molecule has 0 amide bonds. The van der Waals surface area contributed by atoms with E-state index in [1.54, 1.807) is 18.4 Å². The van der Waals surface area contributed by atoms with Crippen molar-refractivity contribution >= 4 is 28.9 Å². The Kier molecular flexibility index (Phi) is 5.73. The molecule has 2 aromatic carbocycles. The molecule has 2 aliphatic heterocycles. The second kappa shape index (κ2) is 8.65. The van der Waals surface area contributed by atoms with Gasteiger partial charge in [-0.3, -0.25) is 4.99 Å². The maximum atomic E-state index is 11.2. The number of benzene rings is 2. The van der Waals surface area contributed by atoms with Crippen molar-refractivity contribution in [2.24, 2.45) is 4.99 Å². The molecule has 0 radical (unpaired) electrons. The molecule has 3 aromatic rings. The van der Waals surface area contributed by atoms with Crippen molar-refractivity contribution in [1.82, 2.24) is 9.88 Å². The lowest BCUT2D eigenvalue weighted by molar-refractivity contribution is -0.0121. The predicted octanol–water partition coefficient (Wildman–Crippen LogP) is 4.65. The number of aliphatic hydroxyl groups is 1. The van der Waals surface area contributed by atoms with Gasteiger partial charge in [0.05, 0.1) is 23.5 Å². The van der Waals surface area contributed by atoms with Crippen LogP contribution in [0.4, 0.5) is 0 Å². The van der Waals surface area contributed by atoms with Gasteiger partial charge in [0.2, 0.25) is 0 Å². The van der Waals surface area contributed by atoms with Crippen LogP contribution in [0.15, 0.2) is 63.8 Å². The van der Waals surface area contributed by atoms with Crippen molar-refractivity contribution < 1.29 is 9.84 Å². The minimum Gasteiger partial charge on any atom is -0.497 e. The normalized spacial score (nSPS) is 18.1. The monoisotopic (exact) mass is 451 g/mol.